The fraction of sp³-hybridized carbons (Fsp3) is 0.250. The molecule has 3 aromatic heterocycles. The van der Waals surface area contributed by atoms with Gasteiger partial charge in [0.25, 0.3) is 11.8 Å². The number of carbonyl (C=O) groups excluding carboxylic acids is 2. The quantitative estimate of drug-likeness (QED) is 0.466. The number of hydrogen-bond donors (Lipinski definition) is 1. The number of nitrogens with zero attached hydrogens (tertiary/aromatic N) is 4. The molecule has 1 aliphatic rings. The topological polar surface area (TPSA) is 93.3 Å². The molecule has 174 valence electrons. The van der Waals surface area contributed by atoms with Crippen molar-refractivity contribution in [2.45, 2.75) is 25.8 Å². The van der Waals surface area contributed by atoms with Crippen molar-refractivity contribution in [1.29, 1.82) is 0 Å². The van der Waals surface area contributed by atoms with Crippen molar-refractivity contribution in [2.24, 2.45) is 0 Å². The molecule has 10 heteroatoms. The van der Waals surface area contributed by atoms with Crippen LogP contribution in [0.3, 0.4) is 0 Å². The van der Waals surface area contributed by atoms with Crippen molar-refractivity contribution in [3.63, 3.8) is 0 Å². The zero-order chi connectivity index (χ0) is 23.7. The molecule has 5 rings (SSSR count). The second-order valence-corrected chi connectivity index (χ2v) is 9.05. The summed E-state index contributed by atoms with van der Waals surface area (Å²) in [6.07, 6.45) is 2.71. The van der Waals surface area contributed by atoms with Crippen molar-refractivity contribution in [2.75, 3.05) is 13.1 Å². The van der Waals surface area contributed by atoms with E-state index in [9.17, 15) is 14.0 Å². The maximum absolute atomic E-state index is 13.9. The highest BCUT2D eigenvalue weighted by atomic mass is 32.1. The lowest BCUT2D eigenvalue weighted by Gasteiger charge is -2.31. The number of aromatic nitrogens is 3. The predicted molar refractivity (Wildman–Crippen MR) is 124 cm³/mol. The van der Waals surface area contributed by atoms with Gasteiger partial charge in [0.2, 0.25) is 5.82 Å². The van der Waals surface area contributed by atoms with Gasteiger partial charge in [0, 0.05) is 24.7 Å². The van der Waals surface area contributed by atoms with Gasteiger partial charge in [0.1, 0.15) is 5.82 Å². The average Bonchev–Trinajstić information content (AvgIpc) is 3.59. The van der Waals surface area contributed by atoms with E-state index >= 15 is 0 Å². The largest absolute Gasteiger partial charge is 0.459 e. The molecule has 2 amide bonds. The van der Waals surface area contributed by atoms with E-state index in [-0.39, 0.29) is 23.7 Å². The summed E-state index contributed by atoms with van der Waals surface area (Å²) in [5.41, 5.74) is 1.27. The third-order valence-corrected chi connectivity index (χ3v) is 6.64. The monoisotopic (exact) mass is 479 g/mol. The Morgan fingerprint density at radius 2 is 2.00 bits per heavy atom. The SMILES string of the molecule is Cc1ccoc1C(=O)NC1CCN(C(=O)c2nc(-c3cccs3)n(-c3cccc(F)c3)n2)CC1. The number of aryl methyl sites for hydroxylation is 1. The summed E-state index contributed by atoms with van der Waals surface area (Å²) < 4.78 is 20.6. The molecule has 1 aliphatic heterocycles. The van der Waals surface area contributed by atoms with Crippen LogP contribution < -0.4 is 5.32 Å². The van der Waals surface area contributed by atoms with Gasteiger partial charge in [-0.3, -0.25) is 9.59 Å². The standard InChI is InChI=1S/C24H22FN5O3S/c1-15-9-12-33-20(15)23(31)26-17-7-10-29(11-8-17)24(32)21-27-22(19-6-3-13-34-19)30(28-21)18-5-2-4-16(25)14-18/h2-6,9,12-14,17H,7-8,10-11H2,1H3,(H,26,31). The van der Waals surface area contributed by atoms with Gasteiger partial charge in [-0.15, -0.1) is 16.4 Å². The Morgan fingerprint density at radius 3 is 2.68 bits per heavy atom. The second-order valence-electron chi connectivity index (χ2n) is 8.10. The van der Waals surface area contributed by atoms with E-state index in [4.69, 9.17) is 4.42 Å². The summed E-state index contributed by atoms with van der Waals surface area (Å²) in [5, 5.41) is 9.32. The first-order valence-corrected chi connectivity index (χ1v) is 11.8. The van der Waals surface area contributed by atoms with Crippen LogP contribution in [0, 0.1) is 12.7 Å². The lowest BCUT2D eigenvalue weighted by molar-refractivity contribution is 0.0684. The Kier molecular flexibility index (Phi) is 5.97. The van der Waals surface area contributed by atoms with Gasteiger partial charge >= 0.3 is 0 Å². The number of piperidine rings is 1. The minimum absolute atomic E-state index is 0.0551. The Hall–Kier alpha value is -3.79. The molecule has 4 aromatic rings. The van der Waals surface area contributed by atoms with Crippen molar-refractivity contribution in [3.05, 3.63) is 77.1 Å². The van der Waals surface area contributed by atoms with Crippen LogP contribution in [0.1, 0.15) is 39.6 Å². The van der Waals surface area contributed by atoms with Crippen molar-refractivity contribution < 1.29 is 18.4 Å². The number of carbonyl (C=O) groups is 2. The maximum atomic E-state index is 13.9. The lowest BCUT2D eigenvalue weighted by atomic mass is 10.0. The number of benzene rings is 1. The molecule has 1 fully saturated rings. The van der Waals surface area contributed by atoms with Crippen molar-refractivity contribution in [3.8, 4) is 16.4 Å². The fourth-order valence-corrected chi connectivity index (χ4v) is 4.68. The molecule has 0 bridgehead atoms. The number of halogens is 1. The molecule has 34 heavy (non-hydrogen) atoms. The van der Waals surface area contributed by atoms with Gasteiger partial charge in [0.05, 0.1) is 16.8 Å². The molecule has 1 saturated heterocycles. The van der Waals surface area contributed by atoms with Gasteiger partial charge in [0.15, 0.2) is 11.6 Å². The minimum atomic E-state index is -0.396. The Balaban J connectivity index is 1.31. The number of hydrogen-bond acceptors (Lipinski definition) is 6. The van der Waals surface area contributed by atoms with Crippen LogP contribution in [0.15, 0.2) is 58.5 Å². The molecular weight excluding hydrogens is 457 g/mol. The van der Waals surface area contributed by atoms with E-state index in [1.807, 2.05) is 24.4 Å². The van der Waals surface area contributed by atoms with E-state index in [1.54, 1.807) is 23.1 Å². The summed E-state index contributed by atoms with van der Waals surface area (Å²) in [5.74, 6) is -0.0807. The van der Waals surface area contributed by atoms with E-state index in [0.717, 1.165) is 10.4 Å². The van der Waals surface area contributed by atoms with Crippen LogP contribution in [-0.2, 0) is 0 Å². The first-order chi connectivity index (χ1) is 16.5. The molecule has 1 N–H and O–H groups in total. The maximum Gasteiger partial charge on any atom is 0.293 e. The van der Waals surface area contributed by atoms with Crippen LogP contribution in [0.5, 0.6) is 0 Å². The number of nitrogens with one attached hydrogen (secondary N) is 1. The Bertz CT molecular complexity index is 1320. The van der Waals surface area contributed by atoms with Crippen LogP contribution in [0.25, 0.3) is 16.4 Å². The summed E-state index contributed by atoms with van der Waals surface area (Å²) in [6.45, 7) is 2.74. The van der Waals surface area contributed by atoms with Crippen LogP contribution in [-0.4, -0.2) is 50.6 Å². The summed E-state index contributed by atoms with van der Waals surface area (Å²) in [7, 11) is 0. The summed E-state index contributed by atoms with van der Waals surface area (Å²) in [4.78, 5) is 32.6. The first-order valence-electron chi connectivity index (χ1n) is 10.9. The van der Waals surface area contributed by atoms with Gasteiger partial charge in [-0.05, 0) is 55.5 Å². The van der Waals surface area contributed by atoms with Crippen LogP contribution in [0.4, 0.5) is 4.39 Å². The van der Waals surface area contributed by atoms with Crippen LogP contribution in [0.2, 0.25) is 0 Å². The van der Waals surface area contributed by atoms with Gasteiger partial charge in [-0.25, -0.2) is 14.1 Å². The number of likely N-dealkylation sites (tertiary alicyclic amines) is 1. The molecule has 4 heterocycles. The number of rotatable bonds is 5. The third-order valence-electron chi connectivity index (χ3n) is 5.78. The van der Waals surface area contributed by atoms with Gasteiger partial charge in [-0.1, -0.05) is 12.1 Å². The Labute approximate surface area is 199 Å². The molecular formula is C24H22FN5O3S. The number of thiophene rings is 1. The van der Waals surface area contributed by atoms with E-state index in [2.05, 4.69) is 15.4 Å². The highest BCUT2D eigenvalue weighted by molar-refractivity contribution is 7.13. The van der Waals surface area contributed by atoms with E-state index in [0.29, 0.717) is 43.2 Å². The molecule has 0 unspecified atom stereocenters. The van der Waals surface area contributed by atoms with Gasteiger partial charge < -0.3 is 14.6 Å². The predicted octanol–water partition coefficient (Wildman–Crippen LogP) is 4.07. The number of amides is 2. The zero-order valence-electron chi connectivity index (χ0n) is 18.4. The fourth-order valence-electron chi connectivity index (χ4n) is 3.98. The molecule has 8 nitrogen and oxygen atoms in total. The van der Waals surface area contributed by atoms with E-state index < -0.39 is 5.82 Å². The smallest absolute Gasteiger partial charge is 0.293 e. The second kappa shape index (κ2) is 9.22. The molecule has 0 aliphatic carbocycles. The Morgan fingerprint density at radius 1 is 1.18 bits per heavy atom. The van der Waals surface area contributed by atoms with Crippen molar-refractivity contribution in [1.82, 2.24) is 25.0 Å². The van der Waals surface area contributed by atoms with E-state index in [1.165, 1.54) is 34.4 Å². The summed E-state index contributed by atoms with van der Waals surface area (Å²) >= 11 is 1.47. The lowest BCUT2D eigenvalue weighted by Crippen LogP contribution is -2.46. The summed E-state index contributed by atoms with van der Waals surface area (Å²) in [6, 6.07) is 11.5. The molecule has 0 atom stereocenters. The highest BCUT2D eigenvalue weighted by Gasteiger charge is 2.29. The normalized spacial score (nSPS) is 14.4. The minimum Gasteiger partial charge on any atom is -0.459 e. The average molecular weight is 480 g/mol. The highest BCUT2D eigenvalue weighted by Crippen LogP contribution is 2.26. The first kappa shape index (κ1) is 22.0. The zero-order valence-corrected chi connectivity index (χ0v) is 19.2. The molecule has 0 saturated carbocycles. The molecule has 0 radical (unpaired) electrons. The third kappa shape index (κ3) is 4.36. The number of furan rings is 1. The molecule has 1 aromatic carbocycles. The van der Waals surface area contributed by atoms with Gasteiger partial charge in [-0.2, -0.15) is 0 Å². The van der Waals surface area contributed by atoms with Crippen LogP contribution >= 0.6 is 11.3 Å². The van der Waals surface area contributed by atoms with Crippen molar-refractivity contribution >= 4 is 23.2 Å². The molecule has 0 spiro atoms.